The number of anilines is 2. The number of nitrogens with one attached hydrogen (secondary N) is 3. The van der Waals surface area contributed by atoms with E-state index in [-0.39, 0.29) is 5.82 Å². The lowest BCUT2D eigenvalue weighted by Crippen LogP contribution is -2.32. The zero-order valence-electron chi connectivity index (χ0n) is 14.1. The minimum atomic E-state index is -0.407. The van der Waals surface area contributed by atoms with E-state index >= 15 is 0 Å². The molecule has 2 heterocycles. The molecule has 1 aromatic carbocycles. The molecule has 0 saturated carbocycles. The van der Waals surface area contributed by atoms with Crippen LogP contribution in [-0.2, 0) is 0 Å². The molecule has 134 valence electrons. The summed E-state index contributed by atoms with van der Waals surface area (Å²) in [6.07, 6.45) is 3.44. The second kappa shape index (κ2) is 8.06. The Kier molecular flexibility index (Phi) is 5.37. The van der Waals surface area contributed by atoms with Gasteiger partial charge in [0.15, 0.2) is 5.82 Å². The summed E-state index contributed by atoms with van der Waals surface area (Å²) in [5.41, 5.74) is 0.929. The van der Waals surface area contributed by atoms with Gasteiger partial charge in [-0.25, -0.2) is 13.9 Å². The molecular formula is C17H18FN7O. The number of nitrogens with zero attached hydrogens (tertiary/aromatic N) is 4. The lowest BCUT2D eigenvalue weighted by molar-refractivity contribution is 0.252. The molecule has 9 heteroatoms. The van der Waals surface area contributed by atoms with E-state index in [4.69, 9.17) is 0 Å². The number of aryl methyl sites for hydroxylation is 1. The van der Waals surface area contributed by atoms with Crippen molar-refractivity contribution in [1.82, 2.24) is 25.3 Å². The Labute approximate surface area is 149 Å². The van der Waals surface area contributed by atoms with E-state index in [1.165, 1.54) is 6.07 Å². The second-order valence-electron chi connectivity index (χ2n) is 5.50. The molecule has 0 spiro atoms. The maximum atomic E-state index is 13.4. The van der Waals surface area contributed by atoms with E-state index in [0.717, 1.165) is 0 Å². The van der Waals surface area contributed by atoms with Gasteiger partial charge in [0, 0.05) is 31.2 Å². The fourth-order valence-electron chi connectivity index (χ4n) is 2.16. The topological polar surface area (TPSA) is 96.8 Å². The fourth-order valence-corrected chi connectivity index (χ4v) is 2.16. The molecule has 0 aliphatic heterocycles. The lowest BCUT2D eigenvalue weighted by Gasteiger charge is -2.09. The Morgan fingerprint density at radius 3 is 2.77 bits per heavy atom. The van der Waals surface area contributed by atoms with Crippen LogP contribution in [-0.4, -0.2) is 39.1 Å². The summed E-state index contributed by atoms with van der Waals surface area (Å²) in [6, 6.07) is 9.49. The van der Waals surface area contributed by atoms with Gasteiger partial charge in [0.05, 0.1) is 0 Å². The number of amides is 2. The van der Waals surface area contributed by atoms with Crippen LogP contribution in [0.15, 0.2) is 48.8 Å². The maximum absolute atomic E-state index is 13.4. The maximum Gasteiger partial charge on any atom is 0.319 e. The minimum absolute atomic E-state index is 0.360. The number of carbonyl (C=O) groups is 1. The minimum Gasteiger partial charge on any atom is -0.367 e. The summed E-state index contributed by atoms with van der Waals surface area (Å²) in [7, 11) is 0. The van der Waals surface area contributed by atoms with E-state index in [1.54, 1.807) is 54.3 Å². The van der Waals surface area contributed by atoms with Gasteiger partial charge in [0.1, 0.15) is 11.6 Å². The third kappa shape index (κ3) is 4.53. The quantitative estimate of drug-likeness (QED) is 0.590. The fraction of sp³-hybridized carbons (Fsp3) is 0.176. The molecule has 0 bridgehead atoms. The standard InChI is InChI=1S/C17H18FN7O/c1-12-3-4-13(11-14(12)18)22-17(26)20-9-8-19-15-5-6-16(24-23-15)25-10-2-7-21-25/h2-7,10-11H,8-9H2,1H3,(H,19,23)(H2,20,22,26). The van der Waals surface area contributed by atoms with Crippen molar-refractivity contribution >= 4 is 17.5 Å². The van der Waals surface area contributed by atoms with Crippen LogP contribution in [0.25, 0.3) is 5.82 Å². The third-order valence-corrected chi connectivity index (χ3v) is 3.54. The van der Waals surface area contributed by atoms with E-state index in [0.29, 0.717) is 36.0 Å². The summed E-state index contributed by atoms with van der Waals surface area (Å²) < 4.78 is 15.0. The molecule has 0 radical (unpaired) electrons. The van der Waals surface area contributed by atoms with E-state index in [9.17, 15) is 9.18 Å². The molecule has 2 aromatic heterocycles. The first-order chi connectivity index (χ1) is 12.6. The predicted molar refractivity (Wildman–Crippen MR) is 95.8 cm³/mol. The van der Waals surface area contributed by atoms with Gasteiger partial charge < -0.3 is 16.0 Å². The molecule has 0 aliphatic rings. The van der Waals surface area contributed by atoms with Crippen molar-refractivity contribution < 1.29 is 9.18 Å². The molecule has 8 nitrogen and oxygen atoms in total. The first kappa shape index (κ1) is 17.3. The van der Waals surface area contributed by atoms with Crippen molar-refractivity contribution in [3.05, 3.63) is 60.2 Å². The molecular weight excluding hydrogens is 337 g/mol. The highest BCUT2D eigenvalue weighted by Gasteiger charge is 2.04. The summed E-state index contributed by atoms with van der Waals surface area (Å²) in [5.74, 6) is 0.841. The van der Waals surface area contributed by atoms with Crippen LogP contribution in [0.1, 0.15) is 5.56 Å². The highest BCUT2D eigenvalue weighted by molar-refractivity contribution is 5.89. The number of carbonyl (C=O) groups excluding carboxylic acids is 1. The molecule has 3 aromatic rings. The normalized spacial score (nSPS) is 10.4. The van der Waals surface area contributed by atoms with Crippen molar-refractivity contribution in [3.63, 3.8) is 0 Å². The third-order valence-electron chi connectivity index (χ3n) is 3.54. The van der Waals surface area contributed by atoms with Crippen molar-refractivity contribution in [2.45, 2.75) is 6.92 Å². The summed E-state index contributed by atoms with van der Waals surface area (Å²) in [4.78, 5) is 11.8. The smallest absolute Gasteiger partial charge is 0.319 e. The van der Waals surface area contributed by atoms with Crippen LogP contribution >= 0.6 is 0 Å². The Morgan fingerprint density at radius 1 is 1.19 bits per heavy atom. The van der Waals surface area contributed by atoms with E-state index in [1.807, 2.05) is 0 Å². The summed E-state index contributed by atoms with van der Waals surface area (Å²) >= 11 is 0. The lowest BCUT2D eigenvalue weighted by atomic mass is 10.2. The van der Waals surface area contributed by atoms with Crippen molar-refractivity contribution in [2.24, 2.45) is 0 Å². The monoisotopic (exact) mass is 355 g/mol. The van der Waals surface area contributed by atoms with Crippen LogP contribution in [0.5, 0.6) is 0 Å². The number of halogens is 1. The Morgan fingerprint density at radius 2 is 2.08 bits per heavy atom. The highest BCUT2D eigenvalue weighted by Crippen LogP contribution is 2.13. The van der Waals surface area contributed by atoms with Gasteiger partial charge >= 0.3 is 6.03 Å². The predicted octanol–water partition coefficient (Wildman–Crippen LogP) is 2.34. The number of hydrogen-bond acceptors (Lipinski definition) is 5. The van der Waals surface area contributed by atoms with Gasteiger partial charge in [-0.2, -0.15) is 5.10 Å². The largest absolute Gasteiger partial charge is 0.367 e. The molecule has 0 aliphatic carbocycles. The highest BCUT2D eigenvalue weighted by atomic mass is 19.1. The first-order valence-electron chi connectivity index (χ1n) is 8.00. The molecule has 3 rings (SSSR count). The van der Waals surface area contributed by atoms with Gasteiger partial charge in [0.2, 0.25) is 0 Å². The Balaban J connectivity index is 1.40. The van der Waals surface area contributed by atoms with Crippen LogP contribution in [0, 0.1) is 12.7 Å². The van der Waals surface area contributed by atoms with Crippen LogP contribution in [0.2, 0.25) is 0 Å². The van der Waals surface area contributed by atoms with Crippen LogP contribution in [0.3, 0.4) is 0 Å². The number of urea groups is 1. The zero-order chi connectivity index (χ0) is 18.4. The van der Waals surface area contributed by atoms with E-state index in [2.05, 4.69) is 31.2 Å². The number of hydrogen-bond donors (Lipinski definition) is 3. The zero-order valence-corrected chi connectivity index (χ0v) is 14.1. The van der Waals surface area contributed by atoms with Gasteiger partial charge in [-0.3, -0.25) is 0 Å². The van der Waals surface area contributed by atoms with E-state index < -0.39 is 6.03 Å². The summed E-state index contributed by atoms with van der Waals surface area (Å²) in [5, 5.41) is 20.5. The summed E-state index contributed by atoms with van der Waals surface area (Å²) in [6.45, 7) is 2.49. The average Bonchev–Trinajstić information content (AvgIpc) is 3.17. The van der Waals surface area contributed by atoms with Crippen LogP contribution < -0.4 is 16.0 Å². The number of rotatable bonds is 6. The van der Waals surface area contributed by atoms with Gasteiger partial charge in [-0.15, -0.1) is 10.2 Å². The molecule has 0 saturated heterocycles. The average molecular weight is 355 g/mol. The molecule has 0 atom stereocenters. The van der Waals surface area contributed by atoms with Crippen LogP contribution in [0.4, 0.5) is 20.7 Å². The second-order valence-corrected chi connectivity index (χ2v) is 5.50. The SMILES string of the molecule is Cc1ccc(NC(=O)NCCNc2ccc(-n3cccn3)nn2)cc1F. The molecule has 0 unspecified atom stereocenters. The van der Waals surface area contributed by atoms with Gasteiger partial charge in [0.25, 0.3) is 0 Å². The number of benzene rings is 1. The van der Waals surface area contributed by atoms with Crippen molar-refractivity contribution in [2.75, 3.05) is 23.7 Å². The molecule has 2 amide bonds. The number of aromatic nitrogens is 4. The Bertz CT molecular complexity index is 865. The molecule has 26 heavy (non-hydrogen) atoms. The van der Waals surface area contributed by atoms with Gasteiger partial charge in [-0.1, -0.05) is 6.07 Å². The van der Waals surface area contributed by atoms with Gasteiger partial charge in [-0.05, 0) is 42.8 Å². The Hall–Kier alpha value is -3.49. The molecule has 0 fully saturated rings. The molecule has 3 N–H and O–H groups in total. The first-order valence-corrected chi connectivity index (χ1v) is 8.00. The van der Waals surface area contributed by atoms with Crippen molar-refractivity contribution in [1.29, 1.82) is 0 Å². The van der Waals surface area contributed by atoms with Crippen molar-refractivity contribution in [3.8, 4) is 5.82 Å².